The van der Waals surface area contributed by atoms with Crippen LogP contribution in [0.3, 0.4) is 0 Å². The summed E-state index contributed by atoms with van der Waals surface area (Å²) >= 11 is 0. The summed E-state index contributed by atoms with van der Waals surface area (Å²) in [6.45, 7) is 3.62. The van der Waals surface area contributed by atoms with E-state index >= 15 is 0 Å². The standard InChI is InChI=1S/C19H18N2O4/c1-13-8-9-14(2)16(10-13)23-12-18(22)24-11-17-20-21-19(25-17)15-6-4-3-5-7-15/h3-10H,11-12H2,1-2H3. The average molecular weight is 338 g/mol. The molecule has 0 saturated carbocycles. The maximum absolute atomic E-state index is 11.8. The largest absolute Gasteiger partial charge is 0.482 e. The number of ether oxygens (including phenoxy) is 2. The van der Waals surface area contributed by atoms with Crippen molar-refractivity contribution in [3.05, 3.63) is 65.5 Å². The molecule has 1 aromatic heterocycles. The van der Waals surface area contributed by atoms with Gasteiger partial charge in [-0.1, -0.05) is 30.3 Å². The van der Waals surface area contributed by atoms with E-state index in [9.17, 15) is 4.79 Å². The number of hydrogen-bond acceptors (Lipinski definition) is 6. The zero-order valence-electron chi connectivity index (χ0n) is 14.1. The minimum Gasteiger partial charge on any atom is -0.482 e. The first-order chi connectivity index (χ1) is 12.1. The lowest BCUT2D eigenvalue weighted by molar-refractivity contribution is -0.148. The van der Waals surface area contributed by atoms with E-state index in [2.05, 4.69) is 10.2 Å². The zero-order valence-corrected chi connectivity index (χ0v) is 14.1. The third-order valence-electron chi connectivity index (χ3n) is 3.53. The van der Waals surface area contributed by atoms with E-state index in [4.69, 9.17) is 13.9 Å². The van der Waals surface area contributed by atoms with E-state index in [0.717, 1.165) is 16.7 Å². The molecule has 0 unspecified atom stereocenters. The Kier molecular flexibility index (Phi) is 5.09. The minimum atomic E-state index is -0.500. The fourth-order valence-corrected chi connectivity index (χ4v) is 2.19. The van der Waals surface area contributed by atoms with Crippen molar-refractivity contribution in [2.75, 3.05) is 6.61 Å². The fraction of sp³-hybridized carbons (Fsp3) is 0.211. The zero-order chi connectivity index (χ0) is 17.6. The SMILES string of the molecule is Cc1ccc(C)c(OCC(=O)OCc2nnc(-c3ccccc3)o2)c1. The van der Waals surface area contributed by atoms with Crippen molar-refractivity contribution in [3.8, 4) is 17.2 Å². The lowest BCUT2D eigenvalue weighted by atomic mass is 10.1. The highest BCUT2D eigenvalue weighted by molar-refractivity contribution is 5.71. The number of carbonyl (C=O) groups excluding carboxylic acids is 1. The van der Waals surface area contributed by atoms with E-state index in [0.29, 0.717) is 11.6 Å². The van der Waals surface area contributed by atoms with Gasteiger partial charge in [0.1, 0.15) is 5.75 Å². The topological polar surface area (TPSA) is 74.5 Å². The molecule has 0 amide bonds. The second-order valence-corrected chi connectivity index (χ2v) is 5.59. The van der Waals surface area contributed by atoms with Gasteiger partial charge < -0.3 is 13.9 Å². The molecular formula is C19H18N2O4. The number of carbonyl (C=O) groups is 1. The van der Waals surface area contributed by atoms with Gasteiger partial charge in [-0.2, -0.15) is 0 Å². The van der Waals surface area contributed by atoms with Gasteiger partial charge in [0.05, 0.1) is 0 Å². The third kappa shape index (κ3) is 4.44. The molecule has 0 aliphatic rings. The van der Waals surface area contributed by atoms with Gasteiger partial charge in [0.25, 0.3) is 5.89 Å². The number of aryl methyl sites for hydroxylation is 2. The van der Waals surface area contributed by atoms with Crippen LogP contribution in [0, 0.1) is 13.8 Å². The van der Waals surface area contributed by atoms with Crippen LogP contribution in [0.4, 0.5) is 0 Å². The summed E-state index contributed by atoms with van der Waals surface area (Å²) in [5.74, 6) is 0.790. The van der Waals surface area contributed by atoms with Gasteiger partial charge in [0.2, 0.25) is 5.89 Å². The molecule has 0 bridgehead atoms. The van der Waals surface area contributed by atoms with Crippen LogP contribution in [0.1, 0.15) is 17.0 Å². The molecule has 0 saturated heterocycles. The summed E-state index contributed by atoms with van der Waals surface area (Å²) in [6.07, 6.45) is 0. The molecule has 0 aliphatic carbocycles. The summed E-state index contributed by atoms with van der Waals surface area (Å²) in [6, 6.07) is 15.2. The number of aromatic nitrogens is 2. The van der Waals surface area contributed by atoms with Gasteiger partial charge in [-0.05, 0) is 43.2 Å². The van der Waals surface area contributed by atoms with E-state index in [1.807, 2.05) is 62.4 Å². The maximum Gasteiger partial charge on any atom is 0.344 e. The van der Waals surface area contributed by atoms with Crippen molar-refractivity contribution >= 4 is 5.97 Å². The van der Waals surface area contributed by atoms with Crippen LogP contribution in [0.15, 0.2) is 52.9 Å². The Hall–Kier alpha value is -3.15. The second kappa shape index (κ2) is 7.61. The molecule has 3 rings (SSSR count). The van der Waals surface area contributed by atoms with E-state index < -0.39 is 5.97 Å². The first kappa shape index (κ1) is 16.7. The van der Waals surface area contributed by atoms with Crippen molar-refractivity contribution in [1.82, 2.24) is 10.2 Å². The lowest BCUT2D eigenvalue weighted by Crippen LogP contribution is -2.15. The van der Waals surface area contributed by atoms with E-state index in [-0.39, 0.29) is 19.1 Å². The van der Waals surface area contributed by atoms with Crippen molar-refractivity contribution in [2.24, 2.45) is 0 Å². The number of esters is 1. The Labute approximate surface area is 145 Å². The first-order valence-corrected chi connectivity index (χ1v) is 7.85. The van der Waals surface area contributed by atoms with Crippen LogP contribution < -0.4 is 4.74 Å². The van der Waals surface area contributed by atoms with Gasteiger partial charge in [0.15, 0.2) is 13.2 Å². The van der Waals surface area contributed by atoms with Crippen molar-refractivity contribution < 1.29 is 18.7 Å². The molecule has 0 N–H and O–H groups in total. The van der Waals surface area contributed by atoms with Gasteiger partial charge in [-0.3, -0.25) is 0 Å². The molecule has 128 valence electrons. The smallest absolute Gasteiger partial charge is 0.344 e. The Balaban J connectivity index is 1.51. The van der Waals surface area contributed by atoms with Crippen molar-refractivity contribution in [3.63, 3.8) is 0 Å². The molecule has 1 heterocycles. The predicted molar refractivity (Wildman–Crippen MR) is 90.9 cm³/mol. The molecule has 3 aromatic rings. The number of nitrogens with zero attached hydrogens (tertiary/aromatic N) is 2. The molecule has 0 radical (unpaired) electrons. The van der Waals surface area contributed by atoms with Crippen LogP contribution in [0.25, 0.3) is 11.5 Å². The molecular weight excluding hydrogens is 320 g/mol. The van der Waals surface area contributed by atoms with Crippen molar-refractivity contribution in [1.29, 1.82) is 0 Å². The monoisotopic (exact) mass is 338 g/mol. The average Bonchev–Trinajstić information content (AvgIpc) is 3.10. The predicted octanol–water partition coefficient (Wildman–Crippen LogP) is 3.48. The molecule has 6 nitrogen and oxygen atoms in total. The number of rotatable bonds is 6. The molecule has 6 heteroatoms. The highest BCUT2D eigenvalue weighted by atomic mass is 16.6. The summed E-state index contributed by atoms with van der Waals surface area (Å²) < 4.78 is 16.1. The first-order valence-electron chi connectivity index (χ1n) is 7.85. The molecule has 2 aromatic carbocycles. The third-order valence-corrected chi connectivity index (χ3v) is 3.53. The Morgan fingerprint density at radius 3 is 2.68 bits per heavy atom. The minimum absolute atomic E-state index is 0.0885. The Morgan fingerprint density at radius 1 is 1.08 bits per heavy atom. The summed E-state index contributed by atoms with van der Waals surface area (Å²) in [5.41, 5.74) is 2.84. The molecule has 0 fully saturated rings. The van der Waals surface area contributed by atoms with Gasteiger partial charge >= 0.3 is 5.97 Å². The Morgan fingerprint density at radius 2 is 1.88 bits per heavy atom. The van der Waals surface area contributed by atoms with Crippen LogP contribution in [-0.2, 0) is 16.1 Å². The summed E-state index contributed by atoms with van der Waals surface area (Å²) in [5, 5.41) is 7.81. The quantitative estimate of drug-likeness (QED) is 0.641. The summed E-state index contributed by atoms with van der Waals surface area (Å²) in [4.78, 5) is 11.8. The Bertz CT molecular complexity index is 859. The normalized spacial score (nSPS) is 10.5. The highest BCUT2D eigenvalue weighted by Gasteiger charge is 2.11. The molecule has 0 atom stereocenters. The van der Waals surface area contributed by atoms with Gasteiger partial charge in [0, 0.05) is 5.56 Å². The molecule has 25 heavy (non-hydrogen) atoms. The van der Waals surface area contributed by atoms with Gasteiger partial charge in [-0.25, -0.2) is 4.79 Å². The lowest BCUT2D eigenvalue weighted by Gasteiger charge is -2.09. The number of hydrogen-bond donors (Lipinski definition) is 0. The van der Waals surface area contributed by atoms with Crippen LogP contribution >= 0.6 is 0 Å². The van der Waals surface area contributed by atoms with Crippen LogP contribution in [0.5, 0.6) is 5.75 Å². The molecule has 0 spiro atoms. The van der Waals surface area contributed by atoms with E-state index in [1.165, 1.54) is 0 Å². The molecule has 0 aliphatic heterocycles. The maximum atomic E-state index is 11.8. The number of benzene rings is 2. The van der Waals surface area contributed by atoms with E-state index in [1.54, 1.807) is 0 Å². The highest BCUT2D eigenvalue weighted by Crippen LogP contribution is 2.19. The summed E-state index contributed by atoms with van der Waals surface area (Å²) in [7, 11) is 0. The second-order valence-electron chi connectivity index (χ2n) is 5.59. The van der Waals surface area contributed by atoms with Crippen molar-refractivity contribution in [2.45, 2.75) is 20.5 Å². The van der Waals surface area contributed by atoms with Crippen LogP contribution in [0.2, 0.25) is 0 Å². The van der Waals surface area contributed by atoms with Gasteiger partial charge in [-0.15, -0.1) is 10.2 Å². The van der Waals surface area contributed by atoms with Crippen LogP contribution in [-0.4, -0.2) is 22.8 Å². The fourth-order valence-electron chi connectivity index (χ4n) is 2.19.